The zero-order chi connectivity index (χ0) is 6.57. The topological polar surface area (TPSA) is 26.3 Å². The second-order valence-electron chi connectivity index (χ2n) is 0.949. The zero-order valence-electron chi connectivity index (χ0n) is 4.15. The fraction of sp³-hybridized carbons (Fsp3) is 0.250. The summed E-state index contributed by atoms with van der Waals surface area (Å²) in [6, 6.07) is 0. The summed E-state index contributed by atoms with van der Waals surface area (Å²) < 4.78 is 15.7. The summed E-state index contributed by atoms with van der Waals surface area (Å²) >= 11 is 4.79. The molecule has 0 atom stereocenters. The van der Waals surface area contributed by atoms with Gasteiger partial charge in [0.05, 0.1) is 7.11 Å². The van der Waals surface area contributed by atoms with Crippen LogP contribution in [-0.2, 0) is 9.53 Å². The molecule has 46 valence electrons. The molecule has 0 saturated carbocycles. The van der Waals surface area contributed by atoms with Crippen molar-refractivity contribution in [2.75, 3.05) is 7.11 Å². The molecule has 0 amide bonds. The molecule has 0 N–H and O–H groups in total. The lowest BCUT2D eigenvalue weighted by Gasteiger charge is -1.89. The lowest BCUT2D eigenvalue weighted by molar-refractivity contribution is -0.137. The largest absolute Gasteiger partial charge is 0.464 e. The van der Waals surface area contributed by atoms with E-state index in [4.69, 9.17) is 11.6 Å². The minimum absolute atomic E-state index is 0.520. The Morgan fingerprint density at radius 2 is 2.38 bits per heavy atom. The Balaban J connectivity index is 3.83. The fourth-order valence-electron chi connectivity index (χ4n) is 0.142. The van der Waals surface area contributed by atoms with E-state index < -0.39 is 11.8 Å². The fourth-order valence-corrected chi connectivity index (χ4v) is 0.231. The Labute approximate surface area is 50.9 Å². The maximum absolute atomic E-state index is 11.8. The van der Waals surface area contributed by atoms with E-state index >= 15 is 0 Å². The van der Waals surface area contributed by atoms with E-state index in [9.17, 15) is 9.18 Å². The Hall–Kier alpha value is -0.570. The van der Waals surface area contributed by atoms with E-state index in [2.05, 4.69) is 4.74 Å². The van der Waals surface area contributed by atoms with E-state index in [1.165, 1.54) is 0 Å². The number of esters is 1. The highest BCUT2D eigenvalue weighted by Gasteiger charge is 2.04. The highest BCUT2D eigenvalue weighted by atomic mass is 35.5. The van der Waals surface area contributed by atoms with Gasteiger partial charge >= 0.3 is 5.97 Å². The molecule has 4 heteroatoms. The average molecular weight is 139 g/mol. The minimum atomic E-state index is -1.09. The quantitative estimate of drug-likeness (QED) is 0.402. The van der Waals surface area contributed by atoms with Crippen molar-refractivity contribution in [1.29, 1.82) is 0 Å². The van der Waals surface area contributed by atoms with Gasteiger partial charge in [0.15, 0.2) is 0 Å². The van der Waals surface area contributed by atoms with Gasteiger partial charge in [0.25, 0.3) is 0 Å². The Bertz CT molecular complexity index is 121. The first-order valence-electron chi connectivity index (χ1n) is 1.76. The molecule has 0 bridgehead atoms. The molecule has 0 radical (unpaired) electrons. The van der Waals surface area contributed by atoms with Crippen LogP contribution in [0.15, 0.2) is 11.4 Å². The molecule has 0 fully saturated rings. The molecule has 0 aliphatic heterocycles. The predicted octanol–water partition coefficient (Wildman–Crippen LogP) is 1.21. The van der Waals surface area contributed by atoms with Crippen molar-refractivity contribution < 1.29 is 13.9 Å². The third-order valence-electron chi connectivity index (χ3n) is 0.476. The molecule has 0 unspecified atom stereocenters. The van der Waals surface area contributed by atoms with Crippen molar-refractivity contribution in [3.8, 4) is 0 Å². The first kappa shape index (κ1) is 7.43. The van der Waals surface area contributed by atoms with Crippen LogP contribution in [0.1, 0.15) is 0 Å². The highest BCUT2D eigenvalue weighted by molar-refractivity contribution is 6.27. The van der Waals surface area contributed by atoms with Crippen molar-refractivity contribution in [2.45, 2.75) is 0 Å². The van der Waals surface area contributed by atoms with Gasteiger partial charge in [0.2, 0.25) is 5.83 Å². The number of methoxy groups -OCH3 is 1. The first-order chi connectivity index (χ1) is 3.72. The van der Waals surface area contributed by atoms with Crippen LogP contribution in [0.4, 0.5) is 4.39 Å². The van der Waals surface area contributed by atoms with Crippen molar-refractivity contribution in [2.24, 2.45) is 0 Å². The van der Waals surface area contributed by atoms with Gasteiger partial charge in [-0.25, -0.2) is 4.79 Å². The van der Waals surface area contributed by atoms with E-state index in [-0.39, 0.29) is 0 Å². The summed E-state index contributed by atoms with van der Waals surface area (Å²) in [7, 11) is 1.07. The van der Waals surface area contributed by atoms with Gasteiger partial charge in [-0.05, 0) is 0 Å². The van der Waals surface area contributed by atoms with Crippen LogP contribution in [0.3, 0.4) is 0 Å². The van der Waals surface area contributed by atoms with Gasteiger partial charge in [-0.1, -0.05) is 11.6 Å². The van der Waals surface area contributed by atoms with Crippen LogP contribution >= 0.6 is 11.6 Å². The summed E-state index contributed by atoms with van der Waals surface area (Å²) in [5.41, 5.74) is 0.520. The molecule has 0 aliphatic carbocycles. The third-order valence-corrected chi connectivity index (χ3v) is 0.668. The molecule has 0 heterocycles. The average Bonchev–Trinajstić information content (AvgIpc) is 1.84. The summed E-state index contributed by atoms with van der Waals surface area (Å²) in [4.78, 5) is 9.99. The smallest absolute Gasteiger partial charge is 0.367 e. The van der Waals surface area contributed by atoms with E-state index in [1.54, 1.807) is 0 Å². The molecular formula is C4H4ClFO2. The number of halogens is 2. The normalized spacial score (nSPS) is 11.1. The summed E-state index contributed by atoms with van der Waals surface area (Å²) in [6.07, 6.45) is 0. The highest BCUT2D eigenvalue weighted by Crippen LogP contribution is 1.99. The van der Waals surface area contributed by atoms with Gasteiger partial charge in [0.1, 0.15) is 0 Å². The van der Waals surface area contributed by atoms with E-state index in [0.29, 0.717) is 5.54 Å². The van der Waals surface area contributed by atoms with Gasteiger partial charge in [-0.15, -0.1) is 0 Å². The van der Waals surface area contributed by atoms with E-state index in [1.807, 2.05) is 0 Å². The molecule has 2 nitrogen and oxygen atoms in total. The van der Waals surface area contributed by atoms with Crippen LogP contribution < -0.4 is 0 Å². The molecule has 0 saturated heterocycles. The molecule has 0 aromatic carbocycles. The van der Waals surface area contributed by atoms with Crippen LogP contribution in [0.2, 0.25) is 0 Å². The first-order valence-corrected chi connectivity index (χ1v) is 2.20. The maximum Gasteiger partial charge on any atom is 0.367 e. The predicted molar refractivity (Wildman–Crippen MR) is 27.1 cm³/mol. The summed E-state index contributed by atoms with van der Waals surface area (Å²) in [6.45, 7) is 0. The van der Waals surface area contributed by atoms with Gasteiger partial charge in [-0.2, -0.15) is 4.39 Å². The SMILES string of the molecule is COC(=O)/C(F)=C/Cl. The lowest BCUT2D eigenvalue weighted by Crippen LogP contribution is -1.98. The zero-order valence-corrected chi connectivity index (χ0v) is 4.91. The van der Waals surface area contributed by atoms with Crippen molar-refractivity contribution in [1.82, 2.24) is 0 Å². The van der Waals surface area contributed by atoms with Crippen LogP contribution in [0.5, 0.6) is 0 Å². The Kier molecular flexibility index (Phi) is 3.19. The molecule has 0 aromatic heterocycles. The second kappa shape index (κ2) is 3.43. The second-order valence-corrected chi connectivity index (χ2v) is 1.17. The summed E-state index contributed by atoms with van der Waals surface area (Å²) in [5.74, 6) is -2.14. The number of carbonyl (C=O) groups is 1. The molecular weight excluding hydrogens is 134 g/mol. The number of carbonyl (C=O) groups excluding carboxylic acids is 1. The van der Waals surface area contributed by atoms with Crippen molar-refractivity contribution >= 4 is 17.6 Å². The third kappa shape index (κ3) is 1.93. The Morgan fingerprint density at radius 3 is 2.50 bits per heavy atom. The van der Waals surface area contributed by atoms with Crippen LogP contribution in [-0.4, -0.2) is 13.1 Å². The number of hydrogen-bond donors (Lipinski definition) is 0. The Morgan fingerprint density at radius 1 is 1.88 bits per heavy atom. The monoisotopic (exact) mass is 138 g/mol. The molecule has 0 rings (SSSR count). The lowest BCUT2D eigenvalue weighted by atomic mass is 10.6. The minimum Gasteiger partial charge on any atom is -0.464 e. The van der Waals surface area contributed by atoms with Crippen LogP contribution in [0.25, 0.3) is 0 Å². The van der Waals surface area contributed by atoms with Crippen LogP contribution in [0, 0.1) is 0 Å². The summed E-state index contributed by atoms with van der Waals surface area (Å²) in [5, 5.41) is 0. The molecule has 8 heavy (non-hydrogen) atoms. The molecule has 0 aliphatic rings. The van der Waals surface area contributed by atoms with E-state index in [0.717, 1.165) is 7.11 Å². The molecule has 0 aromatic rings. The van der Waals surface area contributed by atoms with Gasteiger partial charge in [0, 0.05) is 5.54 Å². The number of ether oxygens (including phenoxy) is 1. The molecule has 0 spiro atoms. The van der Waals surface area contributed by atoms with Crippen molar-refractivity contribution in [3.05, 3.63) is 11.4 Å². The number of rotatable bonds is 1. The standard InChI is InChI=1S/C4H4ClFO2/c1-8-4(7)3(6)2-5/h2H,1H3/b3-2-. The van der Waals surface area contributed by atoms with Gasteiger partial charge < -0.3 is 4.74 Å². The van der Waals surface area contributed by atoms with Gasteiger partial charge in [-0.3, -0.25) is 0 Å². The maximum atomic E-state index is 11.8. The van der Waals surface area contributed by atoms with Crippen molar-refractivity contribution in [3.63, 3.8) is 0 Å². The number of hydrogen-bond acceptors (Lipinski definition) is 2.